The van der Waals surface area contributed by atoms with Crippen LogP contribution in [-0.4, -0.2) is 10.2 Å². The molecule has 6 heteroatoms. The summed E-state index contributed by atoms with van der Waals surface area (Å²) in [4.78, 5) is 0. The molecule has 1 heterocycles. The van der Waals surface area contributed by atoms with Gasteiger partial charge in [0, 0.05) is 17.4 Å². The third-order valence-electron chi connectivity index (χ3n) is 2.62. The van der Waals surface area contributed by atoms with Crippen molar-refractivity contribution in [2.24, 2.45) is 0 Å². The first-order chi connectivity index (χ1) is 8.48. The van der Waals surface area contributed by atoms with Crippen LogP contribution in [-0.2, 0) is 6.18 Å². The van der Waals surface area contributed by atoms with Crippen LogP contribution in [0.5, 0.6) is 0 Å². The summed E-state index contributed by atoms with van der Waals surface area (Å²) in [5, 5.41) is 9.24. The van der Waals surface area contributed by atoms with E-state index < -0.39 is 11.7 Å². The second-order valence-electron chi connectivity index (χ2n) is 3.94. The fourth-order valence-corrected chi connectivity index (χ4v) is 1.67. The largest absolute Gasteiger partial charge is 0.418 e. The molecule has 18 heavy (non-hydrogen) atoms. The molecule has 0 spiro atoms. The van der Waals surface area contributed by atoms with Crippen molar-refractivity contribution in [3.8, 4) is 0 Å². The number of H-pyrrole nitrogens is 1. The Morgan fingerprint density at radius 3 is 2.61 bits per heavy atom. The van der Waals surface area contributed by atoms with Crippen molar-refractivity contribution in [1.82, 2.24) is 10.2 Å². The van der Waals surface area contributed by atoms with Gasteiger partial charge in [-0.1, -0.05) is 12.1 Å². The summed E-state index contributed by atoms with van der Waals surface area (Å²) in [6.07, 6.45) is -1.14. The molecule has 0 aliphatic heterocycles. The van der Waals surface area contributed by atoms with Gasteiger partial charge in [0.25, 0.3) is 0 Å². The number of hydrogen-bond acceptors (Lipinski definition) is 2. The number of aromatic nitrogens is 2. The minimum Gasteiger partial charge on any atom is -0.378 e. The van der Waals surface area contributed by atoms with Gasteiger partial charge in [-0.2, -0.15) is 18.3 Å². The molecule has 0 aliphatic rings. The van der Waals surface area contributed by atoms with E-state index in [1.165, 1.54) is 12.1 Å². The van der Waals surface area contributed by atoms with Crippen LogP contribution in [0.4, 0.5) is 18.9 Å². The fourth-order valence-electron chi connectivity index (χ4n) is 1.67. The van der Waals surface area contributed by atoms with Crippen molar-refractivity contribution in [3.63, 3.8) is 0 Å². The Kier molecular flexibility index (Phi) is 3.27. The summed E-state index contributed by atoms with van der Waals surface area (Å²) in [7, 11) is 0. The second-order valence-corrected chi connectivity index (χ2v) is 3.94. The molecule has 2 rings (SSSR count). The molecule has 0 radical (unpaired) electrons. The molecule has 1 unspecified atom stereocenters. The highest BCUT2D eigenvalue weighted by Gasteiger charge is 2.33. The van der Waals surface area contributed by atoms with Gasteiger partial charge in [-0.25, -0.2) is 0 Å². The van der Waals surface area contributed by atoms with Crippen molar-refractivity contribution in [2.75, 3.05) is 5.32 Å². The maximum atomic E-state index is 12.8. The molecule has 96 valence electrons. The predicted octanol–water partition coefficient (Wildman–Crippen LogP) is 3.60. The lowest BCUT2D eigenvalue weighted by Gasteiger charge is -2.18. The van der Waals surface area contributed by atoms with E-state index in [1.54, 1.807) is 25.4 Å². The van der Waals surface area contributed by atoms with Gasteiger partial charge in [-0.05, 0) is 19.1 Å². The molecule has 0 saturated carbocycles. The van der Waals surface area contributed by atoms with Crippen molar-refractivity contribution in [3.05, 3.63) is 47.8 Å². The SMILES string of the molecule is CC(Nc1ccccc1C(F)(F)F)c1cn[nH]c1. The number of nitrogens with zero attached hydrogens (tertiary/aromatic N) is 1. The summed E-state index contributed by atoms with van der Waals surface area (Å²) in [5.41, 5.74) is 0.200. The minimum absolute atomic E-state index is 0.0682. The third-order valence-corrected chi connectivity index (χ3v) is 2.62. The molecule has 1 aromatic heterocycles. The van der Waals surface area contributed by atoms with Crippen LogP contribution in [0.1, 0.15) is 24.1 Å². The zero-order valence-electron chi connectivity index (χ0n) is 9.62. The van der Waals surface area contributed by atoms with E-state index in [0.29, 0.717) is 0 Å². The number of nitrogens with one attached hydrogen (secondary N) is 2. The first-order valence-corrected chi connectivity index (χ1v) is 5.40. The highest BCUT2D eigenvalue weighted by atomic mass is 19.4. The average Bonchev–Trinajstić information content (AvgIpc) is 2.81. The average molecular weight is 255 g/mol. The van der Waals surface area contributed by atoms with Crippen molar-refractivity contribution >= 4 is 5.69 Å². The highest BCUT2D eigenvalue weighted by Crippen LogP contribution is 2.35. The Morgan fingerprint density at radius 2 is 2.00 bits per heavy atom. The molecule has 2 aromatic rings. The van der Waals surface area contributed by atoms with Crippen molar-refractivity contribution in [2.45, 2.75) is 19.1 Å². The lowest BCUT2D eigenvalue weighted by atomic mass is 10.1. The van der Waals surface area contributed by atoms with Gasteiger partial charge >= 0.3 is 6.18 Å². The van der Waals surface area contributed by atoms with E-state index in [1.807, 2.05) is 0 Å². The van der Waals surface area contributed by atoms with Gasteiger partial charge in [0.1, 0.15) is 0 Å². The first-order valence-electron chi connectivity index (χ1n) is 5.40. The van der Waals surface area contributed by atoms with E-state index >= 15 is 0 Å². The summed E-state index contributed by atoms with van der Waals surface area (Å²) in [5.74, 6) is 0. The molecule has 0 aliphatic carbocycles. The molecule has 2 N–H and O–H groups in total. The van der Waals surface area contributed by atoms with Gasteiger partial charge < -0.3 is 5.32 Å². The van der Waals surface area contributed by atoms with Gasteiger partial charge in [-0.3, -0.25) is 5.10 Å². The molecule has 0 amide bonds. The number of benzene rings is 1. The molecule has 0 saturated heterocycles. The van der Waals surface area contributed by atoms with Crippen molar-refractivity contribution < 1.29 is 13.2 Å². The summed E-state index contributed by atoms with van der Waals surface area (Å²) in [6.45, 7) is 1.78. The Bertz CT molecular complexity index is 506. The smallest absolute Gasteiger partial charge is 0.378 e. The van der Waals surface area contributed by atoms with Crippen LogP contribution in [0.15, 0.2) is 36.7 Å². The number of hydrogen-bond donors (Lipinski definition) is 2. The summed E-state index contributed by atoms with van der Waals surface area (Å²) in [6, 6.07) is 5.16. The Balaban J connectivity index is 2.24. The van der Waals surface area contributed by atoms with Gasteiger partial charge in [0.05, 0.1) is 17.8 Å². The number of rotatable bonds is 3. The molecule has 1 atom stereocenters. The predicted molar refractivity (Wildman–Crippen MR) is 62.1 cm³/mol. The lowest BCUT2D eigenvalue weighted by Crippen LogP contribution is -2.13. The topological polar surface area (TPSA) is 40.7 Å². The van der Waals surface area contributed by atoms with Gasteiger partial charge in [0.2, 0.25) is 0 Å². The summed E-state index contributed by atoms with van der Waals surface area (Å²) >= 11 is 0. The van der Waals surface area contributed by atoms with E-state index in [-0.39, 0.29) is 11.7 Å². The van der Waals surface area contributed by atoms with Crippen LogP contribution >= 0.6 is 0 Å². The number of para-hydroxylation sites is 1. The van der Waals surface area contributed by atoms with Gasteiger partial charge in [0.15, 0.2) is 0 Å². The zero-order valence-corrected chi connectivity index (χ0v) is 9.62. The van der Waals surface area contributed by atoms with Crippen LogP contribution < -0.4 is 5.32 Å². The van der Waals surface area contributed by atoms with E-state index in [9.17, 15) is 13.2 Å². The Hall–Kier alpha value is -1.98. The van der Waals surface area contributed by atoms with E-state index in [2.05, 4.69) is 15.5 Å². The third kappa shape index (κ3) is 2.64. The maximum Gasteiger partial charge on any atom is 0.418 e. The second kappa shape index (κ2) is 4.72. The highest BCUT2D eigenvalue weighted by molar-refractivity contribution is 5.53. The van der Waals surface area contributed by atoms with E-state index in [4.69, 9.17) is 0 Å². The molecular weight excluding hydrogens is 243 g/mol. The monoisotopic (exact) mass is 255 g/mol. The number of anilines is 1. The molecular formula is C12H12F3N3. The molecule has 1 aromatic carbocycles. The van der Waals surface area contributed by atoms with Crippen molar-refractivity contribution in [1.29, 1.82) is 0 Å². The maximum absolute atomic E-state index is 12.8. The summed E-state index contributed by atoms with van der Waals surface area (Å²) < 4.78 is 38.3. The standard InChI is InChI=1S/C12H12F3N3/c1-8(9-6-16-17-7-9)18-11-5-3-2-4-10(11)12(13,14)15/h2-8,18H,1H3,(H,16,17). The lowest BCUT2D eigenvalue weighted by molar-refractivity contribution is -0.137. The normalized spacial score (nSPS) is 13.3. The van der Waals surface area contributed by atoms with E-state index in [0.717, 1.165) is 11.6 Å². The van der Waals surface area contributed by atoms with Crippen LogP contribution in [0.3, 0.4) is 0 Å². The van der Waals surface area contributed by atoms with Crippen LogP contribution in [0.2, 0.25) is 0 Å². The van der Waals surface area contributed by atoms with Gasteiger partial charge in [-0.15, -0.1) is 0 Å². The number of halogens is 3. The Labute approximate surface area is 102 Å². The minimum atomic E-state index is -4.36. The fraction of sp³-hybridized carbons (Fsp3) is 0.250. The first kappa shape index (κ1) is 12.5. The zero-order chi connectivity index (χ0) is 13.2. The molecule has 3 nitrogen and oxygen atoms in total. The van der Waals surface area contributed by atoms with Crippen LogP contribution in [0, 0.1) is 0 Å². The molecule has 0 bridgehead atoms. The molecule has 0 fully saturated rings. The Morgan fingerprint density at radius 1 is 1.28 bits per heavy atom. The number of alkyl halides is 3. The quantitative estimate of drug-likeness (QED) is 0.879. The number of aromatic amines is 1. The van der Waals surface area contributed by atoms with Crippen LogP contribution in [0.25, 0.3) is 0 Å².